The summed E-state index contributed by atoms with van der Waals surface area (Å²) in [6.45, 7) is 12.2. The predicted octanol–water partition coefficient (Wildman–Crippen LogP) is 2.34. The Morgan fingerprint density at radius 3 is 2.34 bits per heavy atom. The highest BCUT2D eigenvalue weighted by atomic mass is 127. The molecule has 0 spiro atoms. The van der Waals surface area contributed by atoms with Crippen LogP contribution in [0.2, 0.25) is 0 Å². The first-order chi connectivity index (χ1) is 13.1. The van der Waals surface area contributed by atoms with E-state index in [0.29, 0.717) is 29.4 Å². The van der Waals surface area contributed by atoms with Gasteiger partial charge >= 0.3 is 0 Å². The fraction of sp³-hybridized carbons (Fsp3) is 0.650. The zero-order chi connectivity index (χ0) is 20.9. The second-order valence-corrected chi connectivity index (χ2v) is 10.1. The molecule has 2 N–H and O–H groups in total. The molecule has 0 bridgehead atoms. The Morgan fingerprint density at radius 2 is 1.86 bits per heavy atom. The smallest absolute Gasteiger partial charge is 0.242 e. The molecule has 2 rings (SSSR count). The molecule has 9 heteroatoms. The summed E-state index contributed by atoms with van der Waals surface area (Å²) in [6, 6.07) is 7.84. The van der Waals surface area contributed by atoms with E-state index in [1.165, 1.54) is 18.4 Å². The van der Waals surface area contributed by atoms with E-state index in [-0.39, 0.29) is 24.0 Å². The monoisotopic (exact) mass is 537 g/mol. The number of nitrogens with one attached hydrogen (secondary N) is 2. The molecule has 1 heterocycles. The van der Waals surface area contributed by atoms with Crippen LogP contribution in [0.25, 0.3) is 0 Å². The Bertz CT molecular complexity index is 766. The highest BCUT2D eigenvalue weighted by Gasteiger charge is 2.31. The number of rotatable bonds is 7. The van der Waals surface area contributed by atoms with Crippen molar-refractivity contribution in [3.05, 3.63) is 29.8 Å². The zero-order valence-electron chi connectivity index (χ0n) is 18.3. The summed E-state index contributed by atoms with van der Waals surface area (Å²) in [7, 11) is -0.331. The summed E-state index contributed by atoms with van der Waals surface area (Å²) in [4.78, 5) is 7.47. The second kappa shape index (κ2) is 11.5. The molecule has 2 atom stereocenters. The topological polar surface area (TPSA) is 77.0 Å². The van der Waals surface area contributed by atoms with Crippen LogP contribution in [0, 0.1) is 5.92 Å². The van der Waals surface area contributed by atoms with Gasteiger partial charge in [-0.05, 0) is 44.4 Å². The quantitative estimate of drug-likeness (QED) is 0.317. The van der Waals surface area contributed by atoms with E-state index in [2.05, 4.69) is 43.2 Å². The van der Waals surface area contributed by atoms with Crippen molar-refractivity contribution < 1.29 is 8.42 Å². The summed E-state index contributed by atoms with van der Waals surface area (Å²) in [6.07, 6.45) is 0. The van der Waals surface area contributed by atoms with Crippen molar-refractivity contribution in [1.29, 1.82) is 0 Å². The number of sulfonamides is 1. The van der Waals surface area contributed by atoms with Crippen molar-refractivity contribution >= 4 is 40.0 Å². The van der Waals surface area contributed by atoms with Gasteiger partial charge in [0.15, 0.2) is 5.96 Å². The van der Waals surface area contributed by atoms with Crippen molar-refractivity contribution in [3.8, 4) is 0 Å². The average molecular weight is 538 g/mol. The largest absolute Gasteiger partial charge is 0.357 e. The number of guanidine groups is 1. The molecule has 0 amide bonds. The summed E-state index contributed by atoms with van der Waals surface area (Å²) >= 11 is 0. The normalized spacial score (nSPS) is 20.8. The lowest BCUT2D eigenvalue weighted by atomic mass is 10.1. The molecule has 0 aromatic heterocycles. The molecule has 1 aromatic rings. The van der Waals surface area contributed by atoms with Crippen LogP contribution in [-0.4, -0.2) is 69.4 Å². The average Bonchev–Trinajstić information content (AvgIpc) is 3.01. The van der Waals surface area contributed by atoms with Crippen LogP contribution in [0.4, 0.5) is 0 Å². The van der Waals surface area contributed by atoms with Crippen molar-refractivity contribution in [3.63, 3.8) is 0 Å². The van der Waals surface area contributed by atoms with E-state index in [0.717, 1.165) is 31.2 Å². The Hall–Kier alpha value is -0.910. The first-order valence-electron chi connectivity index (χ1n) is 9.95. The first-order valence-corrected chi connectivity index (χ1v) is 11.4. The van der Waals surface area contributed by atoms with Gasteiger partial charge in [-0.25, -0.2) is 17.7 Å². The van der Waals surface area contributed by atoms with Gasteiger partial charge in [-0.3, -0.25) is 4.90 Å². The Balaban J connectivity index is 0.00000420. The minimum absolute atomic E-state index is 0. The summed E-state index contributed by atoms with van der Waals surface area (Å²) in [5.41, 5.74) is 0.971. The lowest BCUT2D eigenvalue weighted by Crippen LogP contribution is -2.46. The first kappa shape index (κ1) is 26.1. The van der Waals surface area contributed by atoms with Crippen LogP contribution in [0.1, 0.15) is 33.3 Å². The maximum Gasteiger partial charge on any atom is 0.242 e. The van der Waals surface area contributed by atoms with E-state index in [1.54, 1.807) is 12.1 Å². The predicted molar refractivity (Wildman–Crippen MR) is 130 cm³/mol. The van der Waals surface area contributed by atoms with Gasteiger partial charge in [-0.2, -0.15) is 0 Å². The summed E-state index contributed by atoms with van der Waals surface area (Å²) in [5, 5.41) is 6.88. The van der Waals surface area contributed by atoms with E-state index in [4.69, 9.17) is 4.99 Å². The molecular formula is C20H36IN5O2S. The molecule has 0 aliphatic carbocycles. The molecule has 166 valence electrons. The van der Waals surface area contributed by atoms with E-state index in [1.807, 2.05) is 12.1 Å². The molecule has 0 radical (unpaired) electrons. The van der Waals surface area contributed by atoms with Crippen LogP contribution in [0.5, 0.6) is 0 Å². The van der Waals surface area contributed by atoms with E-state index in [9.17, 15) is 8.42 Å². The number of aliphatic imine (C=N–C) groups is 1. The van der Waals surface area contributed by atoms with Gasteiger partial charge in [0, 0.05) is 45.8 Å². The van der Waals surface area contributed by atoms with Crippen molar-refractivity contribution in [2.75, 3.05) is 33.7 Å². The lowest BCUT2D eigenvalue weighted by molar-refractivity contribution is 0.265. The third kappa shape index (κ3) is 7.08. The lowest BCUT2D eigenvalue weighted by Gasteiger charge is -2.22. The van der Waals surface area contributed by atoms with Gasteiger partial charge < -0.3 is 10.6 Å². The van der Waals surface area contributed by atoms with Crippen LogP contribution >= 0.6 is 24.0 Å². The number of likely N-dealkylation sites (tertiary alicyclic amines) is 1. The zero-order valence-corrected chi connectivity index (χ0v) is 21.5. The van der Waals surface area contributed by atoms with Crippen LogP contribution in [-0.2, 0) is 16.6 Å². The van der Waals surface area contributed by atoms with E-state index >= 15 is 0 Å². The van der Waals surface area contributed by atoms with Gasteiger partial charge in [-0.15, -0.1) is 24.0 Å². The molecule has 29 heavy (non-hydrogen) atoms. The molecule has 1 fully saturated rings. The third-order valence-corrected chi connectivity index (χ3v) is 6.99. The highest BCUT2D eigenvalue weighted by molar-refractivity contribution is 14.0. The van der Waals surface area contributed by atoms with Gasteiger partial charge in [0.1, 0.15) is 0 Å². The van der Waals surface area contributed by atoms with Gasteiger partial charge in [0.05, 0.1) is 11.4 Å². The highest BCUT2D eigenvalue weighted by Crippen LogP contribution is 2.19. The maximum atomic E-state index is 12.2. The molecule has 1 aliphatic heterocycles. The molecule has 2 unspecified atom stereocenters. The minimum atomic E-state index is -3.40. The van der Waals surface area contributed by atoms with Crippen molar-refractivity contribution in [2.45, 2.75) is 51.2 Å². The standard InChI is InChI=1S/C20H35N5O2S.HI/c1-7-21-20(23-19-14-25(15(2)3)13-16(19)4)22-12-17-8-10-18(11-9-17)28(26,27)24(5)6;/h8-11,15-16,19H,7,12-14H2,1-6H3,(H2,21,22,23);1H. The third-order valence-electron chi connectivity index (χ3n) is 5.16. The summed E-state index contributed by atoms with van der Waals surface area (Å²) in [5.74, 6) is 1.36. The molecular weight excluding hydrogens is 501 g/mol. The Kier molecular flexibility index (Phi) is 10.3. The van der Waals surface area contributed by atoms with Crippen molar-refractivity contribution in [1.82, 2.24) is 19.8 Å². The molecule has 1 saturated heterocycles. The second-order valence-electron chi connectivity index (χ2n) is 7.90. The summed E-state index contributed by atoms with van der Waals surface area (Å²) < 4.78 is 25.6. The van der Waals surface area contributed by atoms with Crippen LogP contribution in [0.3, 0.4) is 0 Å². The van der Waals surface area contributed by atoms with Crippen LogP contribution in [0.15, 0.2) is 34.2 Å². The molecule has 0 saturated carbocycles. The number of nitrogens with zero attached hydrogens (tertiary/aromatic N) is 3. The molecule has 1 aliphatic rings. The Morgan fingerprint density at radius 1 is 1.24 bits per heavy atom. The van der Waals surface area contributed by atoms with Gasteiger partial charge in [0.2, 0.25) is 10.0 Å². The van der Waals surface area contributed by atoms with E-state index < -0.39 is 10.0 Å². The SMILES string of the molecule is CCNC(=NCc1ccc(S(=O)(=O)N(C)C)cc1)NC1CN(C(C)C)CC1C.I. The maximum absolute atomic E-state index is 12.2. The van der Waals surface area contributed by atoms with Crippen LogP contribution < -0.4 is 10.6 Å². The van der Waals surface area contributed by atoms with Gasteiger partial charge in [-0.1, -0.05) is 19.1 Å². The number of benzene rings is 1. The van der Waals surface area contributed by atoms with Crippen molar-refractivity contribution in [2.24, 2.45) is 10.9 Å². The van der Waals surface area contributed by atoms with Gasteiger partial charge in [0.25, 0.3) is 0 Å². The number of hydrogen-bond donors (Lipinski definition) is 2. The Labute approximate surface area is 193 Å². The fourth-order valence-corrected chi connectivity index (χ4v) is 4.16. The molecule has 1 aromatic carbocycles. The fourth-order valence-electron chi connectivity index (χ4n) is 3.26. The number of hydrogen-bond acceptors (Lipinski definition) is 4. The minimum Gasteiger partial charge on any atom is -0.357 e. The molecule has 7 nitrogen and oxygen atoms in total. The number of halogens is 1.